The molecular formula is C24H33N8O5P. The number of carboxylic acid groups (broad SMARTS) is 1. The maximum absolute atomic E-state index is 13.4. The SMILES string of the molecule is CC(N[P@](=O)(OC[C@@H]1C=C[C@H](n2cnc3c(NCCN(C)C)nc(N)nc32)C1)Oc1ccccc1)C(=O)O. The average Bonchev–Trinajstić information content (AvgIpc) is 3.50. The number of aliphatic carboxylic acids is 1. The van der Waals surface area contributed by atoms with E-state index in [2.05, 4.69) is 30.3 Å². The predicted octanol–water partition coefficient (Wildman–Crippen LogP) is 2.77. The van der Waals surface area contributed by atoms with Crippen LogP contribution in [0.2, 0.25) is 0 Å². The van der Waals surface area contributed by atoms with Crippen molar-refractivity contribution in [2.24, 2.45) is 5.92 Å². The molecule has 5 N–H and O–H groups in total. The lowest BCUT2D eigenvalue weighted by Crippen LogP contribution is -2.33. The number of nitrogens with two attached hydrogens (primary N) is 1. The maximum Gasteiger partial charge on any atom is 0.459 e. The molecule has 0 saturated carbocycles. The Morgan fingerprint density at radius 1 is 1.29 bits per heavy atom. The normalized spacial score (nSPS) is 19.5. The van der Waals surface area contributed by atoms with Gasteiger partial charge in [0.25, 0.3) is 0 Å². The number of likely N-dealkylation sites (N-methyl/N-ethyl adjacent to an activating group) is 1. The third-order valence-electron chi connectivity index (χ3n) is 5.95. The lowest BCUT2D eigenvalue weighted by molar-refractivity contribution is -0.138. The Balaban J connectivity index is 1.44. The molecule has 204 valence electrons. The Morgan fingerprint density at radius 2 is 2.05 bits per heavy atom. The van der Waals surface area contributed by atoms with Gasteiger partial charge in [0.15, 0.2) is 17.0 Å². The summed E-state index contributed by atoms with van der Waals surface area (Å²) in [6, 6.07) is 7.25. The monoisotopic (exact) mass is 544 g/mol. The van der Waals surface area contributed by atoms with E-state index in [9.17, 15) is 14.5 Å². The Morgan fingerprint density at radius 3 is 2.76 bits per heavy atom. The molecule has 38 heavy (non-hydrogen) atoms. The van der Waals surface area contributed by atoms with Crippen molar-refractivity contribution in [2.45, 2.75) is 25.4 Å². The summed E-state index contributed by atoms with van der Waals surface area (Å²) in [6.45, 7) is 2.92. The van der Waals surface area contributed by atoms with Gasteiger partial charge in [-0.25, -0.2) is 9.55 Å². The van der Waals surface area contributed by atoms with E-state index in [0.29, 0.717) is 35.7 Å². The highest BCUT2D eigenvalue weighted by Gasteiger charge is 2.33. The Bertz CT molecular complexity index is 1330. The molecule has 0 bridgehead atoms. The maximum atomic E-state index is 13.4. The number of aromatic nitrogens is 4. The standard InChI is InChI=1S/C24H33N8O5P/c1-16(23(33)34)30-38(35,37-19-7-5-4-6-8-19)36-14-17-9-10-18(13-17)32-15-27-20-21(26-11-12-31(2)3)28-24(25)29-22(20)32/h4-10,15-18H,11-14H2,1-3H3,(H,30,35)(H,33,34)(H3,25,26,28,29)/t16?,17-,18+,38+/m1/s1. The summed E-state index contributed by atoms with van der Waals surface area (Å²) in [5.74, 6) is -0.254. The van der Waals surface area contributed by atoms with Crippen LogP contribution >= 0.6 is 7.75 Å². The zero-order chi connectivity index (χ0) is 27.3. The minimum absolute atomic E-state index is 0.0531. The molecule has 13 nitrogen and oxygen atoms in total. The first-order chi connectivity index (χ1) is 18.1. The molecule has 0 aliphatic heterocycles. The summed E-state index contributed by atoms with van der Waals surface area (Å²) in [5.41, 5.74) is 7.22. The molecular weight excluding hydrogens is 511 g/mol. The second-order valence-electron chi connectivity index (χ2n) is 9.32. The van der Waals surface area contributed by atoms with E-state index < -0.39 is 19.8 Å². The lowest BCUT2D eigenvalue weighted by atomic mass is 10.1. The highest BCUT2D eigenvalue weighted by atomic mass is 31.2. The van der Waals surface area contributed by atoms with Crippen molar-refractivity contribution in [3.63, 3.8) is 0 Å². The zero-order valence-electron chi connectivity index (χ0n) is 21.5. The molecule has 0 radical (unpaired) electrons. The van der Waals surface area contributed by atoms with Gasteiger partial charge in [0.1, 0.15) is 11.8 Å². The molecule has 0 spiro atoms. The van der Waals surface area contributed by atoms with E-state index in [-0.39, 0.29) is 24.5 Å². The van der Waals surface area contributed by atoms with Crippen LogP contribution in [0, 0.1) is 5.92 Å². The molecule has 4 atom stereocenters. The zero-order valence-corrected chi connectivity index (χ0v) is 22.4. The van der Waals surface area contributed by atoms with Gasteiger partial charge in [-0.2, -0.15) is 15.1 Å². The largest absolute Gasteiger partial charge is 0.480 e. The van der Waals surface area contributed by atoms with Crippen LogP contribution in [-0.2, 0) is 13.9 Å². The Labute approximate surface area is 220 Å². The topological polar surface area (TPSA) is 170 Å². The van der Waals surface area contributed by atoms with E-state index in [1.54, 1.807) is 36.7 Å². The fourth-order valence-corrected chi connectivity index (χ4v) is 5.53. The number of rotatable bonds is 13. The number of carbonyl (C=O) groups is 1. The number of imidazole rings is 1. The molecule has 1 aliphatic rings. The molecule has 0 fully saturated rings. The number of hydrogen-bond donors (Lipinski definition) is 4. The average molecular weight is 545 g/mol. The van der Waals surface area contributed by atoms with Crippen LogP contribution in [0.25, 0.3) is 11.2 Å². The molecule has 1 aromatic carbocycles. The van der Waals surface area contributed by atoms with Gasteiger partial charge in [-0.1, -0.05) is 30.4 Å². The number of nitrogen functional groups attached to an aromatic ring is 1. The molecule has 2 aromatic heterocycles. The van der Waals surface area contributed by atoms with Gasteiger partial charge >= 0.3 is 13.7 Å². The van der Waals surface area contributed by atoms with E-state index in [1.165, 1.54) is 6.92 Å². The van der Waals surface area contributed by atoms with Gasteiger partial charge in [-0.05, 0) is 39.6 Å². The highest BCUT2D eigenvalue weighted by Crippen LogP contribution is 2.46. The number of nitrogens with one attached hydrogen (secondary N) is 2. The summed E-state index contributed by atoms with van der Waals surface area (Å²) in [4.78, 5) is 26.7. The molecule has 1 aliphatic carbocycles. The molecule has 3 aromatic rings. The van der Waals surface area contributed by atoms with Crippen molar-refractivity contribution >= 4 is 36.6 Å². The van der Waals surface area contributed by atoms with Crippen LogP contribution in [0.15, 0.2) is 48.8 Å². The first kappa shape index (κ1) is 27.5. The molecule has 0 amide bonds. The summed E-state index contributed by atoms with van der Waals surface area (Å²) in [6.07, 6.45) is 6.29. The number of fused-ring (bicyclic) bond motifs is 1. The smallest absolute Gasteiger partial charge is 0.459 e. The van der Waals surface area contributed by atoms with E-state index >= 15 is 0 Å². The quantitative estimate of drug-likeness (QED) is 0.184. The van der Waals surface area contributed by atoms with Crippen molar-refractivity contribution in [1.29, 1.82) is 0 Å². The van der Waals surface area contributed by atoms with Crippen LogP contribution in [-0.4, -0.2) is 75.3 Å². The van der Waals surface area contributed by atoms with Crippen molar-refractivity contribution < 1.29 is 23.5 Å². The predicted molar refractivity (Wildman–Crippen MR) is 144 cm³/mol. The van der Waals surface area contributed by atoms with Crippen molar-refractivity contribution in [1.82, 2.24) is 29.5 Å². The van der Waals surface area contributed by atoms with E-state index in [0.717, 1.165) is 6.54 Å². The molecule has 4 rings (SSSR count). The van der Waals surface area contributed by atoms with Gasteiger partial charge in [-0.3, -0.25) is 9.32 Å². The fourth-order valence-electron chi connectivity index (χ4n) is 3.98. The summed E-state index contributed by atoms with van der Waals surface area (Å²) < 4.78 is 26.7. The van der Waals surface area contributed by atoms with Gasteiger partial charge in [-0.15, -0.1) is 0 Å². The fraction of sp³-hybridized carbons (Fsp3) is 0.417. The van der Waals surface area contributed by atoms with Crippen LogP contribution in [0.4, 0.5) is 11.8 Å². The summed E-state index contributed by atoms with van der Waals surface area (Å²) in [5, 5.41) is 15.1. The van der Waals surface area contributed by atoms with E-state index in [4.69, 9.17) is 14.8 Å². The summed E-state index contributed by atoms with van der Waals surface area (Å²) >= 11 is 0. The second kappa shape index (κ2) is 11.9. The van der Waals surface area contributed by atoms with Crippen LogP contribution < -0.4 is 20.7 Å². The van der Waals surface area contributed by atoms with E-state index in [1.807, 2.05) is 30.8 Å². The van der Waals surface area contributed by atoms with Crippen LogP contribution in [0.1, 0.15) is 19.4 Å². The second-order valence-corrected chi connectivity index (χ2v) is 11.0. The number of benzene rings is 1. The number of anilines is 2. The minimum Gasteiger partial charge on any atom is -0.480 e. The number of carboxylic acids is 1. The first-order valence-electron chi connectivity index (χ1n) is 12.2. The van der Waals surface area contributed by atoms with Crippen LogP contribution in [0.5, 0.6) is 5.75 Å². The third kappa shape index (κ3) is 6.87. The number of para-hydroxylation sites is 1. The third-order valence-corrected chi connectivity index (χ3v) is 7.59. The summed E-state index contributed by atoms with van der Waals surface area (Å²) in [7, 11) is -0.00959. The highest BCUT2D eigenvalue weighted by molar-refractivity contribution is 7.52. The molecule has 2 heterocycles. The number of hydrogen-bond acceptors (Lipinski definition) is 10. The number of nitrogens with zero attached hydrogens (tertiary/aromatic N) is 5. The Kier molecular flexibility index (Phi) is 8.62. The van der Waals surface area contributed by atoms with Gasteiger partial charge in [0.2, 0.25) is 5.95 Å². The van der Waals surface area contributed by atoms with Gasteiger partial charge in [0.05, 0.1) is 19.0 Å². The molecule has 1 unspecified atom stereocenters. The van der Waals surface area contributed by atoms with Crippen molar-refractivity contribution in [3.05, 3.63) is 48.8 Å². The minimum atomic E-state index is -3.99. The van der Waals surface area contributed by atoms with Gasteiger partial charge < -0.3 is 30.1 Å². The van der Waals surface area contributed by atoms with Gasteiger partial charge in [0, 0.05) is 19.0 Å². The number of allylic oxidation sites excluding steroid dienone is 1. The lowest BCUT2D eigenvalue weighted by Gasteiger charge is -2.23. The Hall–Kier alpha value is -3.51. The molecule has 0 saturated heterocycles. The van der Waals surface area contributed by atoms with Crippen molar-refractivity contribution in [2.75, 3.05) is 44.8 Å². The molecule has 14 heteroatoms. The van der Waals surface area contributed by atoms with Crippen molar-refractivity contribution in [3.8, 4) is 5.75 Å². The van der Waals surface area contributed by atoms with Crippen LogP contribution in [0.3, 0.4) is 0 Å². The first-order valence-corrected chi connectivity index (χ1v) is 13.7.